The number of carbonyl (C=O) groups excluding carboxylic acids is 1. The van der Waals surface area contributed by atoms with Crippen molar-refractivity contribution < 1.29 is 14.3 Å². The number of hydrogen-bond acceptors (Lipinski definition) is 4. The second kappa shape index (κ2) is 7.77. The normalized spacial score (nSPS) is 24.9. The molecule has 0 aliphatic carbocycles. The molecular formula is C21H31NO3. The molecule has 4 heteroatoms. The molecule has 3 rings (SSSR count). The molecule has 1 aromatic rings. The highest BCUT2D eigenvalue weighted by atomic mass is 16.5. The van der Waals surface area contributed by atoms with Gasteiger partial charge in [-0.1, -0.05) is 20.8 Å². The van der Waals surface area contributed by atoms with Crippen LogP contribution in [0.4, 0.5) is 0 Å². The first-order valence-electron chi connectivity index (χ1n) is 9.68. The van der Waals surface area contributed by atoms with E-state index >= 15 is 0 Å². The molecule has 0 aromatic heterocycles. The number of esters is 1. The van der Waals surface area contributed by atoms with E-state index in [1.165, 1.54) is 25.8 Å². The van der Waals surface area contributed by atoms with Crippen LogP contribution in [0.15, 0.2) is 18.2 Å². The predicted molar refractivity (Wildman–Crippen MR) is 98.9 cm³/mol. The second-order valence-corrected chi connectivity index (χ2v) is 7.93. The third-order valence-electron chi connectivity index (χ3n) is 5.60. The summed E-state index contributed by atoms with van der Waals surface area (Å²) >= 11 is 0. The highest BCUT2D eigenvalue weighted by Crippen LogP contribution is 2.32. The number of likely N-dealkylation sites (N-methyl/N-ethyl adjacent to an activating group) is 1. The van der Waals surface area contributed by atoms with Gasteiger partial charge in [0.25, 0.3) is 0 Å². The number of nitrogens with zero attached hydrogens (tertiary/aromatic N) is 1. The molecule has 4 nitrogen and oxygen atoms in total. The van der Waals surface area contributed by atoms with E-state index in [9.17, 15) is 4.79 Å². The number of carbonyl (C=O) groups is 1. The van der Waals surface area contributed by atoms with E-state index in [0.29, 0.717) is 18.2 Å². The first-order chi connectivity index (χ1) is 12.0. The van der Waals surface area contributed by atoms with Crippen molar-refractivity contribution in [3.63, 3.8) is 0 Å². The number of cyclic esters (lactones) is 1. The van der Waals surface area contributed by atoms with Crippen LogP contribution in [0.1, 0.15) is 62.9 Å². The smallest absolute Gasteiger partial charge is 0.338 e. The lowest BCUT2D eigenvalue weighted by Crippen LogP contribution is -2.49. The quantitative estimate of drug-likeness (QED) is 0.722. The van der Waals surface area contributed by atoms with E-state index in [0.717, 1.165) is 29.7 Å². The third kappa shape index (κ3) is 4.17. The lowest BCUT2D eigenvalue weighted by Gasteiger charge is -2.42. The number of likely N-dealkylation sites (tertiary alicyclic amines) is 1. The molecule has 0 saturated carbocycles. The van der Waals surface area contributed by atoms with Gasteiger partial charge in [0.15, 0.2) is 0 Å². The van der Waals surface area contributed by atoms with Crippen LogP contribution in [-0.2, 0) is 11.3 Å². The minimum Gasteiger partial charge on any atom is -0.489 e. The third-order valence-corrected chi connectivity index (χ3v) is 5.60. The van der Waals surface area contributed by atoms with E-state index in [4.69, 9.17) is 9.47 Å². The van der Waals surface area contributed by atoms with Crippen molar-refractivity contribution in [2.75, 3.05) is 13.1 Å². The molecule has 0 amide bonds. The molecule has 0 spiro atoms. The van der Waals surface area contributed by atoms with E-state index in [-0.39, 0.29) is 12.1 Å². The standard InChI is InChI=1S/C21H31NO3/c1-5-22-9-8-16(10-14(2)3)11-20(22)15(4)25-18-6-7-19-17(12-18)13-24-21(19)23/h6-7,12,14-16,20H,5,8-11,13H2,1-4H3. The van der Waals surface area contributed by atoms with Crippen molar-refractivity contribution in [2.24, 2.45) is 11.8 Å². The van der Waals surface area contributed by atoms with E-state index in [1.807, 2.05) is 18.2 Å². The Bertz CT molecular complexity index is 613. The summed E-state index contributed by atoms with van der Waals surface area (Å²) < 4.78 is 11.4. The minimum absolute atomic E-state index is 0.131. The molecule has 0 radical (unpaired) electrons. The fraction of sp³-hybridized carbons (Fsp3) is 0.667. The van der Waals surface area contributed by atoms with Crippen LogP contribution in [0.2, 0.25) is 0 Å². The van der Waals surface area contributed by atoms with Gasteiger partial charge in [0, 0.05) is 11.6 Å². The molecule has 2 aliphatic heterocycles. The van der Waals surface area contributed by atoms with Crippen molar-refractivity contribution in [3.05, 3.63) is 29.3 Å². The van der Waals surface area contributed by atoms with Crippen molar-refractivity contribution in [1.29, 1.82) is 0 Å². The first-order valence-corrected chi connectivity index (χ1v) is 9.68. The van der Waals surface area contributed by atoms with Crippen LogP contribution in [0.3, 0.4) is 0 Å². The molecule has 25 heavy (non-hydrogen) atoms. The fourth-order valence-corrected chi connectivity index (χ4v) is 4.36. The van der Waals surface area contributed by atoms with Gasteiger partial charge >= 0.3 is 5.97 Å². The highest BCUT2D eigenvalue weighted by molar-refractivity contribution is 5.93. The summed E-state index contributed by atoms with van der Waals surface area (Å²) in [5, 5.41) is 0. The van der Waals surface area contributed by atoms with Crippen LogP contribution < -0.4 is 4.74 Å². The monoisotopic (exact) mass is 345 g/mol. The summed E-state index contributed by atoms with van der Waals surface area (Å²) in [6.07, 6.45) is 3.94. The molecule has 2 aliphatic rings. The summed E-state index contributed by atoms with van der Waals surface area (Å²) in [6, 6.07) is 6.13. The number of rotatable bonds is 6. The topological polar surface area (TPSA) is 38.8 Å². The molecule has 0 N–H and O–H groups in total. The van der Waals surface area contributed by atoms with Gasteiger partial charge in [0.2, 0.25) is 0 Å². The lowest BCUT2D eigenvalue weighted by atomic mass is 9.83. The van der Waals surface area contributed by atoms with Gasteiger partial charge < -0.3 is 9.47 Å². The molecule has 1 saturated heterocycles. The second-order valence-electron chi connectivity index (χ2n) is 7.93. The Morgan fingerprint density at radius 1 is 1.32 bits per heavy atom. The van der Waals surface area contributed by atoms with Crippen molar-refractivity contribution in [3.8, 4) is 5.75 Å². The van der Waals surface area contributed by atoms with Crippen LogP contribution in [0, 0.1) is 11.8 Å². The number of piperidine rings is 1. The highest BCUT2D eigenvalue weighted by Gasteiger charge is 2.33. The number of hydrogen-bond donors (Lipinski definition) is 0. The predicted octanol–water partition coefficient (Wildman–Crippen LogP) is 4.27. The first kappa shape index (κ1) is 18.2. The maximum atomic E-state index is 11.6. The minimum atomic E-state index is -0.226. The zero-order valence-corrected chi connectivity index (χ0v) is 16.0. The number of fused-ring (bicyclic) bond motifs is 1. The molecule has 2 heterocycles. The Morgan fingerprint density at radius 2 is 2.12 bits per heavy atom. The SMILES string of the molecule is CCN1CCC(CC(C)C)CC1C(C)Oc1ccc2c(c1)COC2=O. The van der Waals surface area contributed by atoms with Gasteiger partial charge in [-0.3, -0.25) is 4.90 Å². The van der Waals surface area contributed by atoms with Gasteiger partial charge in [-0.25, -0.2) is 4.79 Å². The molecule has 1 aromatic carbocycles. The maximum Gasteiger partial charge on any atom is 0.338 e. The molecule has 138 valence electrons. The van der Waals surface area contributed by atoms with Gasteiger partial charge in [-0.05, 0) is 69.3 Å². The molecule has 0 bridgehead atoms. The van der Waals surface area contributed by atoms with Crippen LogP contribution in [0.5, 0.6) is 5.75 Å². The summed E-state index contributed by atoms with van der Waals surface area (Å²) in [7, 11) is 0. The number of benzene rings is 1. The summed E-state index contributed by atoms with van der Waals surface area (Å²) in [5.41, 5.74) is 1.60. The van der Waals surface area contributed by atoms with Gasteiger partial charge in [-0.15, -0.1) is 0 Å². The van der Waals surface area contributed by atoms with E-state index < -0.39 is 0 Å². The van der Waals surface area contributed by atoms with E-state index in [2.05, 4.69) is 32.6 Å². The molecule has 3 atom stereocenters. The Morgan fingerprint density at radius 3 is 2.84 bits per heavy atom. The van der Waals surface area contributed by atoms with Gasteiger partial charge in [0.05, 0.1) is 5.56 Å². The number of ether oxygens (including phenoxy) is 2. The maximum absolute atomic E-state index is 11.6. The zero-order chi connectivity index (χ0) is 18.0. The van der Waals surface area contributed by atoms with Gasteiger partial charge in [0.1, 0.15) is 18.5 Å². The summed E-state index contributed by atoms with van der Waals surface area (Å²) in [6.45, 7) is 11.6. The average molecular weight is 345 g/mol. The van der Waals surface area contributed by atoms with Crippen LogP contribution in [0.25, 0.3) is 0 Å². The van der Waals surface area contributed by atoms with Crippen molar-refractivity contribution >= 4 is 5.97 Å². The van der Waals surface area contributed by atoms with Crippen molar-refractivity contribution in [1.82, 2.24) is 4.90 Å². The molecule has 1 fully saturated rings. The average Bonchev–Trinajstić information content (AvgIpc) is 2.95. The van der Waals surface area contributed by atoms with Crippen LogP contribution >= 0.6 is 0 Å². The Balaban J connectivity index is 1.67. The van der Waals surface area contributed by atoms with Crippen LogP contribution in [-0.4, -0.2) is 36.1 Å². The van der Waals surface area contributed by atoms with Gasteiger partial charge in [-0.2, -0.15) is 0 Å². The Hall–Kier alpha value is -1.55. The van der Waals surface area contributed by atoms with Crippen molar-refractivity contribution in [2.45, 2.75) is 65.7 Å². The zero-order valence-electron chi connectivity index (χ0n) is 16.0. The largest absolute Gasteiger partial charge is 0.489 e. The Kier molecular flexibility index (Phi) is 5.67. The summed E-state index contributed by atoms with van der Waals surface area (Å²) in [5.74, 6) is 2.16. The Labute approximate surface area is 151 Å². The molecular weight excluding hydrogens is 314 g/mol. The van der Waals surface area contributed by atoms with E-state index in [1.54, 1.807) is 0 Å². The summed E-state index contributed by atoms with van der Waals surface area (Å²) in [4.78, 5) is 14.1. The fourth-order valence-electron chi connectivity index (χ4n) is 4.36. The lowest BCUT2D eigenvalue weighted by molar-refractivity contribution is 0.0296. The molecule has 3 unspecified atom stereocenters.